The molecule has 0 heterocycles. The van der Waals surface area contributed by atoms with Crippen molar-refractivity contribution in [1.82, 2.24) is 4.90 Å². The average molecular weight is 323 g/mol. The van der Waals surface area contributed by atoms with Gasteiger partial charge >= 0.3 is 0 Å². The van der Waals surface area contributed by atoms with Gasteiger partial charge in [-0.3, -0.25) is 4.79 Å². The molecule has 0 unspecified atom stereocenters. The summed E-state index contributed by atoms with van der Waals surface area (Å²) >= 11 is 0. The zero-order chi connectivity index (χ0) is 16.0. The van der Waals surface area contributed by atoms with Crippen LogP contribution in [-0.4, -0.2) is 36.8 Å². The highest BCUT2D eigenvalue weighted by Crippen LogP contribution is 2.24. The Balaban J connectivity index is 2.15. The smallest absolute Gasteiger partial charge is 0.238 e. The van der Waals surface area contributed by atoms with Crippen LogP contribution in [0.2, 0.25) is 0 Å². The van der Waals surface area contributed by atoms with E-state index < -0.39 is 9.84 Å². The van der Waals surface area contributed by atoms with Crippen molar-refractivity contribution in [2.75, 3.05) is 11.5 Å². The van der Waals surface area contributed by atoms with E-state index in [2.05, 4.69) is 0 Å². The van der Waals surface area contributed by atoms with Crippen molar-refractivity contribution in [2.24, 2.45) is 0 Å². The number of hydrogen-bond donors (Lipinski definition) is 0. The molecule has 4 nitrogen and oxygen atoms in total. The lowest BCUT2D eigenvalue weighted by Gasteiger charge is -2.34. The van der Waals surface area contributed by atoms with Crippen LogP contribution in [-0.2, 0) is 21.2 Å². The molecule has 1 fully saturated rings. The van der Waals surface area contributed by atoms with Gasteiger partial charge in [-0.05, 0) is 18.4 Å². The van der Waals surface area contributed by atoms with Crippen LogP contribution < -0.4 is 0 Å². The van der Waals surface area contributed by atoms with E-state index in [1.54, 1.807) is 11.8 Å². The molecule has 0 bridgehead atoms. The normalized spacial score (nSPS) is 16.4. The van der Waals surface area contributed by atoms with E-state index in [4.69, 9.17) is 0 Å². The second-order valence-corrected chi connectivity index (χ2v) is 8.33. The molecule has 122 valence electrons. The van der Waals surface area contributed by atoms with E-state index >= 15 is 0 Å². The highest BCUT2D eigenvalue weighted by molar-refractivity contribution is 7.92. The van der Waals surface area contributed by atoms with Crippen molar-refractivity contribution < 1.29 is 13.2 Å². The number of carbonyl (C=O) groups excluding carboxylic acids is 1. The average Bonchev–Trinajstić information content (AvgIpc) is 2.54. The molecule has 0 spiro atoms. The molecule has 1 aliphatic carbocycles. The van der Waals surface area contributed by atoms with Crippen molar-refractivity contribution in [3.63, 3.8) is 0 Å². The Kier molecular flexibility index (Phi) is 6.00. The van der Waals surface area contributed by atoms with Crippen LogP contribution in [0.3, 0.4) is 0 Å². The fourth-order valence-corrected chi connectivity index (χ4v) is 3.71. The second-order valence-electron chi connectivity index (χ2n) is 5.98. The Morgan fingerprint density at radius 3 is 2.36 bits per heavy atom. The molecule has 0 aromatic heterocycles. The van der Waals surface area contributed by atoms with Gasteiger partial charge in [0.1, 0.15) is 5.75 Å². The van der Waals surface area contributed by atoms with Crippen LogP contribution in [0.5, 0.6) is 0 Å². The Morgan fingerprint density at radius 1 is 1.14 bits per heavy atom. The third-order valence-corrected chi connectivity index (χ3v) is 5.88. The summed E-state index contributed by atoms with van der Waals surface area (Å²) in [5.41, 5.74) is 1.05. The fourth-order valence-electron chi connectivity index (χ4n) is 2.97. The van der Waals surface area contributed by atoms with Crippen molar-refractivity contribution >= 4 is 15.7 Å². The summed E-state index contributed by atoms with van der Waals surface area (Å²) < 4.78 is 23.6. The summed E-state index contributed by atoms with van der Waals surface area (Å²) in [5.74, 6) is -0.604. The van der Waals surface area contributed by atoms with Gasteiger partial charge in [0.25, 0.3) is 0 Å². The summed E-state index contributed by atoms with van der Waals surface area (Å²) in [6.07, 6.45) is 5.39. The summed E-state index contributed by atoms with van der Waals surface area (Å²) in [5, 5.41) is 0. The number of carbonyl (C=O) groups is 1. The van der Waals surface area contributed by atoms with E-state index in [1.807, 2.05) is 30.3 Å². The first-order valence-corrected chi connectivity index (χ1v) is 9.88. The topological polar surface area (TPSA) is 54.5 Å². The van der Waals surface area contributed by atoms with Gasteiger partial charge in [-0.2, -0.15) is 0 Å². The lowest BCUT2D eigenvalue weighted by molar-refractivity contribution is -0.132. The van der Waals surface area contributed by atoms with Crippen molar-refractivity contribution in [2.45, 2.75) is 51.6 Å². The lowest BCUT2D eigenvalue weighted by atomic mass is 9.94. The largest absolute Gasteiger partial charge is 0.335 e. The fraction of sp³-hybridized carbons (Fsp3) is 0.588. The highest BCUT2D eigenvalue weighted by atomic mass is 32.2. The van der Waals surface area contributed by atoms with Crippen LogP contribution in [0.25, 0.3) is 0 Å². The number of nitrogens with zero attached hydrogens (tertiary/aromatic N) is 1. The molecule has 1 aliphatic rings. The van der Waals surface area contributed by atoms with Crippen LogP contribution in [0.4, 0.5) is 0 Å². The third kappa shape index (κ3) is 4.83. The molecule has 5 heteroatoms. The molecule has 0 N–H and O–H groups in total. The molecule has 1 saturated carbocycles. The molecular formula is C17H25NO3S. The summed E-state index contributed by atoms with van der Waals surface area (Å²) in [7, 11) is -3.29. The van der Waals surface area contributed by atoms with E-state index in [9.17, 15) is 13.2 Å². The summed E-state index contributed by atoms with van der Waals surface area (Å²) in [4.78, 5) is 14.4. The first-order chi connectivity index (χ1) is 10.5. The van der Waals surface area contributed by atoms with Crippen LogP contribution in [0, 0.1) is 0 Å². The van der Waals surface area contributed by atoms with Gasteiger partial charge in [0, 0.05) is 18.3 Å². The van der Waals surface area contributed by atoms with Gasteiger partial charge in [-0.15, -0.1) is 0 Å². The number of hydrogen-bond acceptors (Lipinski definition) is 3. The molecule has 0 aliphatic heterocycles. The van der Waals surface area contributed by atoms with Gasteiger partial charge in [-0.1, -0.05) is 56.5 Å². The Bertz CT molecular complexity index is 577. The van der Waals surface area contributed by atoms with Crippen LogP contribution in [0.1, 0.15) is 44.6 Å². The second kappa shape index (κ2) is 7.77. The van der Waals surface area contributed by atoms with Crippen LogP contribution in [0.15, 0.2) is 30.3 Å². The standard InChI is InChI=1S/C17H25NO3S/c1-2-22(20,21)14-17(19)18(16-11-7-4-8-12-16)13-15-9-5-3-6-10-15/h3,5-6,9-10,16H,2,4,7-8,11-14H2,1H3. The van der Waals surface area contributed by atoms with E-state index in [-0.39, 0.29) is 23.5 Å². The van der Waals surface area contributed by atoms with Gasteiger partial charge in [0.15, 0.2) is 9.84 Å². The molecule has 1 aromatic carbocycles. The molecular weight excluding hydrogens is 298 g/mol. The van der Waals surface area contributed by atoms with Gasteiger partial charge in [0.2, 0.25) is 5.91 Å². The predicted octanol–water partition coefficient (Wildman–Crippen LogP) is 2.78. The molecule has 2 rings (SSSR count). The molecule has 1 amide bonds. The SMILES string of the molecule is CCS(=O)(=O)CC(=O)N(Cc1ccccc1)C1CCCCC1. The Morgan fingerprint density at radius 2 is 1.77 bits per heavy atom. The maximum atomic E-state index is 12.6. The molecule has 0 atom stereocenters. The van der Waals surface area contributed by atoms with Crippen LogP contribution >= 0.6 is 0 Å². The number of amides is 1. The van der Waals surface area contributed by atoms with Crippen molar-refractivity contribution in [3.05, 3.63) is 35.9 Å². The minimum atomic E-state index is -3.29. The van der Waals surface area contributed by atoms with Gasteiger partial charge in [0.05, 0.1) is 0 Å². The highest BCUT2D eigenvalue weighted by Gasteiger charge is 2.28. The molecule has 0 saturated heterocycles. The maximum absolute atomic E-state index is 12.6. The van der Waals surface area contributed by atoms with Gasteiger partial charge in [-0.25, -0.2) is 8.42 Å². The Hall–Kier alpha value is -1.36. The zero-order valence-electron chi connectivity index (χ0n) is 13.2. The Labute approximate surface area is 133 Å². The maximum Gasteiger partial charge on any atom is 0.238 e. The monoisotopic (exact) mass is 323 g/mol. The molecule has 0 radical (unpaired) electrons. The minimum absolute atomic E-state index is 0.0165. The van der Waals surface area contributed by atoms with E-state index in [0.717, 1.165) is 31.2 Å². The van der Waals surface area contributed by atoms with Gasteiger partial charge < -0.3 is 4.90 Å². The summed E-state index contributed by atoms with van der Waals surface area (Å²) in [6, 6.07) is 9.98. The summed E-state index contributed by atoms with van der Waals surface area (Å²) in [6.45, 7) is 2.09. The number of rotatable bonds is 6. The quantitative estimate of drug-likeness (QED) is 0.809. The molecule has 1 aromatic rings. The minimum Gasteiger partial charge on any atom is -0.335 e. The lowest BCUT2D eigenvalue weighted by Crippen LogP contribution is -2.43. The van der Waals surface area contributed by atoms with E-state index in [1.165, 1.54) is 6.42 Å². The third-order valence-electron chi connectivity index (χ3n) is 4.31. The van der Waals surface area contributed by atoms with Crippen molar-refractivity contribution in [3.8, 4) is 0 Å². The van der Waals surface area contributed by atoms with E-state index in [0.29, 0.717) is 6.54 Å². The first kappa shape index (κ1) is 17.0. The molecule has 22 heavy (non-hydrogen) atoms. The zero-order valence-corrected chi connectivity index (χ0v) is 14.0. The first-order valence-electron chi connectivity index (χ1n) is 8.05. The predicted molar refractivity (Wildman–Crippen MR) is 88.2 cm³/mol. The van der Waals surface area contributed by atoms with Crippen molar-refractivity contribution in [1.29, 1.82) is 0 Å². The number of benzene rings is 1. The number of sulfone groups is 1.